The van der Waals surface area contributed by atoms with Crippen LogP contribution in [0, 0.1) is 5.82 Å². The Morgan fingerprint density at radius 1 is 1.03 bits per heavy atom. The Kier molecular flexibility index (Phi) is 5.35. The first-order valence-corrected chi connectivity index (χ1v) is 10.7. The fourth-order valence-corrected chi connectivity index (χ4v) is 4.15. The third kappa shape index (κ3) is 4.01. The zero-order valence-corrected chi connectivity index (χ0v) is 17.1. The van der Waals surface area contributed by atoms with Crippen molar-refractivity contribution in [3.8, 4) is 11.3 Å². The molecule has 4 aromatic rings. The lowest BCUT2D eigenvalue weighted by Gasteiger charge is -2.23. The van der Waals surface area contributed by atoms with Crippen LogP contribution < -0.4 is 0 Å². The van der Waals surface area contributed by atoms with Crippen molar-refractivity contribution in [2.24, 2.45) is 0 Å². The Hall–Kier alpha value is -3.31. The molecule has 1 aromatic heterocycles. The fraction of sp³-hybridized carbons (Fsp3) is 0.231. The maximum atomic E-state index is 13.5. The van der Waals surface area contributed by atoms with Crippen LogP contribution in [0.4, 0.5) is 4.39 Å². The Bertz CT molecular complexity index is 1210. The van der Waals surface area contributed by atoms with E-state index in [1.807, 2.05) is 53.2 Å². The van der Waals surface area contributed by atoms with Gasteiger partial charge in [0.15, 0.2) is 12.0 Å². The van der Waals surface area contributed by atoms with Crippen molar-refractivity contribution in [2.75, 3.05) is 6.61 Å². The van der Waals surface area contributed by atoms with Crippen LogP contribution in [0.25, 0.3) is 22.2 Å². The molecule has 5 rings (SSSR count). The molecule has 1 unspecified atom stereocenters. The summed E-state index contributed by atoms with van der Waals surface area (Å²) in [5.74, 6) is -0.235. The van der Waals surface area contributed by atoms with Crippen molar-refractivity contribution >= 4 is 16.7 Å². The minimum atomic E-state index is -0.290. The third-order valence-corrected chi connectivity index (χ3v) is 5.78. The smallest absolute Gasteiger partial charge is 0.167 e. The first-order valence-electron chi connectivity index (χ1n) is 10.7. The van der Waals surface area contributed by atoms with Crippen LogP contribution in [-0.4, -0.2) is 22.2 Å². The number of fused-ring (bicyclic) bond motifs is 1. The monoisotopic (exact) mass is 414 g/mol. The van der Waals surface area contributed by atoms with Gasteiger partial charge in [-0.3, -0.25) is 4.79 Å². The highest BCUT2D eigenvalue weighted by Crippen LogP contribution is 2.33. The van der Waals surface area contributed by atoms with Gasteiger partial charge in [-0.05, 0) is 67.3 Å². The molecule has 2 heterocycles. The highest BCUT2D eigenvalue weighted by molar-refractivity contribution is 6.03. The number of aromatic nitrogens is 2. The number of ether oxygens (including phenoxy) is 1. The summed E-state index contributed by atoms with van der Waals surface area (Å²) in [6.07, 6.45) is 3.26. The molecule has 0 saturated carbocycles. The highest BCUT2D eigenvalue weighted by atomic mass is 19.1. The van der Waals surface area contributed by atoms with E-state index in [4.69, 9.17) is 9.84 Å². The first-order chi connectivity index (χ1) is 15.2. The summed E-state index contributed by atoms with van der Waals surface area (Å²) in [6, 6.07) is 21.8. The van der Waals surface area contributed by atoms with Crippen LogP contribution in [0.15, 0.2) is 72.8 Å². The normalized spacial score (nSPS) is 16.5. The number of rotatable bonds is 5. The van der Waals surface area contributed by atoms with E-state index in [1.165, 1.54) is 12.1 Å². The van der Waals surface area contributed by atoms with E-state index in [9.17, 15) is 9.18 Å². The molecule has 5 heteroatoms. The molecule has 0 bridgehead atoms. The second-order valence-corrected chi connectivity index (χ2v) is 7.94. The molecule has 31 heavy (non-hydrogen) atoms. The van der Waals surface area contributed by atoms with Crippen LogP contribution in [0.3, 0.4) is 0 Å². The van der Waals surface area contributed by atoms with Gasteiger partial charge in [0, 0.05) is 29.5 Å². The van der Waals surface area contributed by atoms with E-state index in [0.717, 1.165) is 47.0 Å². The van der Waals surface area contributed by atoms with Crippen molar-refractivity contribution in [3.05, 3.63) is 89.7 Å². The standard InChI is InChI=1S/C26H23FN2O2/c27-21-12-9-19(10-13-21)26-22-17-20(24(30)16-18-6-2-1-3-7-18)11-14-23(22)29(28-26)25-8-4-5-15-31-25/h1-3,6-7,9-14,17,25H,4-5,8,15-16H2. The predicted molar refractivity (Wildman–Crippen MR) is 118 cm³/mol. The molecule has 1 aliphatic heterocycles. The SMILES string of the molecule is O=C(Cc1ccccc1)c1ccc2c(c1)c(-c1ccc(F)cc1)nn2C1CCCCO1. The van der Waals surface area contributed by atoms with E-state index in [1.54, 1.807) is 12.1 Å². The molecule has 0 N–H and O–H groups in total. The molecule has 156 valence electrons. The molecular formula is C26H23FN2O2. The molecule has 0 aliphatic carbocycles. The number of hydrogen-bond donors (Lipinski definition) is 0. The third-order valence-electron chi connectivity index (χ3n) is 5.78. The second kappa shape index (κ2) is 8.44. The van der Waals surface area contributed by atoms with Gasteiger partial charge in [-0.2, -0.15) is 5.10 Å². The molecule has 0 spiro atoms. The molecule has 0 radical (unpaired) electrons. The number of ketones is 1. The average Bonchev–Trinajstić information content (AvgIpc) is 3.20. The summed E-state index contributed by atoms with van der Waals surface area (Å²) in [7, 11) is 0. The topological polar surface area (TPSA) is 44.1 Å². The van der Waals surface area contributed by atoms with Gasteiger partial charge in [0.05, 0.1) is 5.52 Å². The molecule has 1 aliphatic rings. The van der Waals surface area contributed by atoms with Gasteiger partial charge in [0.1, 0.15) is 11.5 Å². The summed E-state index contributed by atoms with van der Waals surface area (Å²) in [4.78, 5) is 13.0. The van der Waals surface area contributed by atoms with Gasteiger partial charge in [-0.1, -0.05) is 30.3 Å². The van der Waals surface area contributed by atoms with Gasteiger partial charge < -0.3 is 4.74 Å². The van der Waals surface area contributed by atoms with Crippen molar-refractivity contribution in [3.63, 3.8) is 0 Å². The summed E-state index contributed by atoms with van der Waals surface area (Å²) >= 11 is 0. The van der Waals surface area contributed by atoms with Crippen LogP contribution in [0.1, 0.15) is 41.4 Å². The predicted octanol–water partition coefficient (Wildman–Crippen LogP) is 5.97. The van der Waals surface area contributed by atoms with E-state index < -0.39 is 0 Å². The summed E-state index contributed by atoms with van der Waals surface area (Å²) in [5, 5.41) is 5.73. The largest absolute Gasteiger partial charge is 0.356 e. The Morgan fingerprint density at radius 2 is 1.84 bits per heavy atom. The maximum Gasteiger partial charge on any atom is 0.167 e. The highest BCUT2D eigenvalue weighted by Gasteiger charge is 2.22. The molecule has 1 fully saturated rings. The maximum absolute atomic E-state index is 13.5. The van der Waals surface area contributed by atoms with Gasteiger partial charge in [-0.15, -0.1) is 0 Å². The average molecular weight is 414 g/mol. The van der Waals surface area contributed by atoms with Gasteiger partial charge in [0.2, 0.25) is 0 Å². The lowest BCUT2D eigenvalue weighted by Crippen LogP contribution is -2.19. The molecule has 0 amide bonds. The van der Waals surface area contributed by atoms with E-state index >= 15 is 0 Å². The van der Waals surface area contributed by atoms with Crippen LogP contribution in [0.5, 0.6) is 0 Å². The number of Topliss-reactive ketones (excluding diaryl/α,β-unsaturated/α-hetero) is 1. The van der Waals surface area contributed by atoms with Gasteiger partial charge in [-0.25, -0.2) is 9.07 Å². The first kappa shape index (κ1) is 19.6. The zero-order chi connectivity index (χ0) is 21.2. The van der Waals surface area contributed by atoms with Crippen molar-refractivity contribution in [1.82, 2.24) is 9.78 Å². The van der Waals surface area contributed by atoms with E-state index in [-0.39, 0.29) is 17.8 Å². The Balaban J connectivity index is 1.58. The Labute approximate surface area is 180 Å². The number of nitrogens with zero attached hydrogens (tertiary/aromatic N) is 2. The molecular weight excluding hydrogens is 391 g/mol. The zero-order valence-electron chi connectivity index (χ0n) is 17.1. The Morgan fingerprint density at radius 3 is 2.58 bits per heavy atom. The molecule has 1 saturated heterocycles. The second-order valence-electron chi connectivity index (χ2n) is 7.94. The summed E-state index contributed by atoms with van der Waals surface area (Å²) < 4.78 is 21.4. The quantitative estimate of drug-likeness (QED) is 0.378. The van der Waals surface area contributed by atoms with Crippen LogP contribution >= 0.6 is 0 Å². The van der Waals surface area contributed by atoms with Crippen LogP contribution in [0.2, 0.25) is 0 Å². The van der Waals surface area contributed by atoms with Gasteiger partial charge >= 0.3 is 0 Å². The number of carbonyl (C=O) groups excluding carboxylic acids is 1. The fourth-order valence-electron chi connectivity index (χ4n) is 4.15. The van der Waals surface area contributed by atoms with Crippen LogP contribution in [-0.2, 0) is 11.2 Å². The minimum absolute atomic E-state index is 0.0554. The number of halogens is 1. The molecule has 3 aromatic carbocycles. The van der Waals surface area contributed by atoms with Crippen molar-refractivity contribution < 1.29 is 13.9 Å². The van der Waals surface area contributed by atoms with Gasteiger partial charge in [0.25, 0.3) is 0 Å². The van der Waals surface area contributed by atoms with E-state index in [2.05, 4.69) is 0 Å². The van der Waals surface area contributed by atoms with E-state index in [0.29, 0.717) is 18.6 Å². The number of hydrogen-bond acceptors (Lipinski definition) is 3. The lowest BCUT2D eigenvalue weighted by atomic mass is 10.00. The summed E-state index contributed by atoms with van der Waals surface area (Å²) in [5.41, 5.74) is 4.09. The lowest BCUT2D eigenvalue weighted by molar-refractivity contribution is -0.0365. The minimum Gasteiger partial charge on any atom is -0.356 e. The molecule has 1 atom stereocenters. The number of carbonyl (C=O) groups is 1. The van der Waals surface area contributed by atoms with Crippen molar-refractivity contribution in [1.29, 1.82) is 0 Å². The van der Waals surface area contributed by atoms with Crippen molar-refractivity contribution in [2.45, 2.75) is 31.9 Å². The molecule has 4 nitrogen and oxygen atoms in total. The number of benzene rings is 3. The summed E-state index contributed by atoms with van der Waals surface area (Å²) in [6.45, 7) is 0.714.